The summed E-state index contributed by atoms with van der Waals surface area (Å²) in [5.41, 5.74) is 2.67. The molecule has 2 heterocycles. The topological polar surface area (TPSA) is 34.4 Å². The Balaban J connectivity index is 2.15. The van der Waals surface area contributed by atoms with Crippen molar-refractivity contribution in [2.45, 2.75) is 30.4 Å². The lowest BCUT2D eigenvalue weighted by Gasteiger charge is -2.40. The largest absolute Gasteiger partial charge is 0.485 e. The van der Waals surface area contributed by atoms with Crippen LogP contribution in [0.3, 0.4) is 0 Å². The minimum Gasteiger partial charge on any atom is -0.485 e. The van der Waals surface area contributed by atoms with Crippen molar-refractivity contribution in [3.63, 3.8) is 0 Å². The monoisotopic (exact) mass is 359 g/mol. The Morgan fingerprint density at radius 3 is 2.64 bits per heavy atom. The second-order valence-corrected chi connectivity index (χ2v) is 7.49. The van der Waals surface area contributed by atoms with Crippen LogP contribution in [0.15, 0.2) is 36.4 Å². The fraction of sp³-hybridized carbons (Fsp3) is 0.333. The zero-order chi connectivity index (χ0) is 15.6. The van der Waals surface area contributed by atoms with Gasteiger partial charge in [0, 0.05) is 28.9 Å². The van der Waals surface area contributed by atoms with Crippen LogP contribution >= 0.6 is 15.9 Å². The van der Waals surface area contributed by atoms with Gasteiger partial charge >= 0.3 is 0 Å². The molecule has 0 spiro atoms. The summed E-state index contributed by atoms with van der Waals surface area (Å²) in [5, 5.41) is 12.9. The molecule has 1 N–H and O–H groups in total. The predicted octanol–water partition coefficient (Wildman–Crippen LogP) is 4.30. The summed E-state index contributed by atoms with van der Waals surface area (Å²) in [5.74, 6) is 0.808. The predicted molar refractivity (Wildman–Crippen MR) is 92.8 cm³/mol. The van der Waals surface area contributed by atoms with Gasteiger partial charge in [-0.25, -0.2) is 0 Å². The number of alkyl halides is 1. The first kappa shape index (κ1) is 14.1. The van der Waals surface area contributed by atoms with E-state index in [1.165, 1.54) is 5.52 Å². The Labute approximate surface area is 137 Å². The van der Waals surface area contributed by atoms with Gasteiger partial charge in [0.2, 0.25) is 0 Å². The van der Waals surface area contributed by atoms with Crippen molar-refractivity contribution in [1.82, 2.24) is 4.57 Å². The summed E-state index contributed by atoms with van der Waals surface area (Å²) >= 11 is 3.58. The summed E-state index contributed by atoms with van der Waals surface area (Å²) in [4.78, 5) is -0.139. The maximum Gasteiger partial charge on any atom is 0.136 e. The molecule has 0 amide bonds. The molecule has 0 saturated carbocycles. The molecule has 0 aliphatic carbocycles. The number of nitrogens with zero attached hydrogens (tertiary/aromatic N) is 1. The second-order valence-electron chi connectivity index (χ2n) is 6.51. The van der Waals surface area contributed by atoms with Crippen LogP contribution in [0.4, 0.5) is 0 Å². The SMILES string of the molecule is Cn1c2ccccc2c2c3c(ccc21)C(O)C(Br)C(C)(C)O3. The average molecular weight is 360 g/mol. The smallest absolute Gasteiger partial charge is 0.136 e. The van der Waals surface area contributed by atoms with E-state index >= 15 is 0 Å². The number of aromatic nitrogens is 1. The highest BCUT2D eigenvalue weighted by molar-refractivity contribution is 9.09. The standard InChI is InChI=1S/C18H18BrNO2/c1-18(2)17(19)15(21)11-8-9-13-14(16(11)22-18)10-6-4-5-7-12(10)20(13)3/h4-9,15,17,21H,1-3H3. The molecule has 22 heavy (non-hydrogen) atoms. The number of aliphatic hydroxyl groups excluding tert-OH is 1. The van der Waals surface area contributed by atoms with Gasteiger partial charge in [-0.1, -0.05) is 40.2 Å². The minimum atomic E-state index is -0.581. The van der Waals surface area contributed by atoms with E-state index in [2.05, 4.69) is 45.7 Å². The molecule has 0 radical (unpaired) electrons. The molecule has 4 rings (SSSR count). The molecule has 3 nitrogen and oxygen atoms in total. The molecule has 2 aromatic carbocycles. The molecule has 2 atom stereocenters. The van der Waals surface area contributed by atoms with Crippen molar-refractivity contribution < 1.29 is 9.84 Å². The van der Waals surface area contributed by atoms with Crippen LogP contribution in [-0.4, -0.2) is 20.1 Å². The number of ether oxygens (including phenoxy) is 1. The molecule has 4 heteroatoms. The van der Waals surface area contributed by atoms with Crippen molar-refractivity contribution in [3.8, 4) is 5.75 Å². The van der Waals surface area contributed by atoms with Gasteiger partial charge < -0.3 is 14.4 Å². The number of aliphatic hydroxyl groups is 1. The van der Waals surface area contributed by atoms with Gasteiger partial charge in [0.25, 0.3) is 0 Å². The second kappa shape index (κ2) is 4.49. The molecule has 1 aliphatic rings. The number of fused-ring (bicyclic) bond motifs is 5. The number of para-hydroxylation sites is 1. The summed E-state index contributed by atoms with van der Waals surface area (Å²) in [6.45, 7) is 4.01. The fourth-order valence-electron chi connectivity index (χ4n) is 3.44. The summed E-state index contributed by atoms with van der Waals surface area (Å²) < 4.78 is 8.49. The normalized spacial score (nSPS) is 23.5. The molecule has 2 unspecified atom stereocenters. The zero-order valence-electron chi connectivity index (χ0n) is 12.8. The first-order chi connectivity index (χ1) is 10.4. The van der Waals surface area contributed by atoms with Crippen LogP contribution in [0, 0.1) is 0 Å². The van der Waals surface area contributed by atoms with Crippen molar-refractivity contribution in [2.75, 3.05) is 0 Å². The number of rotatable bonds is 0. The summed E-state index contributed by atoms with van der Waals surface area (Å²) in [7, 11) is 2.06. The van der Waals surface area contributed by atoms with E-state index in [1.807, 2.05) is 32.0 Å². The molecular formula is C18H18BrNO2. The number of benzene rings is 2. The van der Waals surface area contributed by atoms with Crippen molar-refractivity contribution >= 4 is 37.7 Å². The van der Waals surface area contributed by atoms with Crippen LogP contribution in [0.1, 0.15) is 25.5 Å². The minimum absolute atomic E-state index is 0.139. The van der Waals surface area contributed by atoms with Gasteiger partial charge in [0.1, 0.15) is 11.4 Å². The van der Waals surface area contributed by atoms with Gasteiger partial charge in [-0.2, -0.15) is 0 Å². The lowest BCUT2D eigenvalue weighted by atomic mass is 9.90. The molecule has 3 aromatic rings. The van der Waals surface area contributed by atoms with Gasteiger partial charge in [-0.05, 0) is 26.0 Å². The van der Waals surface area contributed by atoms with E-state index < -0.39 is 11.7 Å². The molecule has 0 fully saturated rings. The third-order valence-electron chi connectivity index (χ3n) is 4.69. The number of hydrogen-bond donors (Lipinski definition) is 1. The Bertz CT molecular complexity index is 897. The van der Waals surface area contributed by atoms with Crippen LogP contribution in [0.5, 0.6) is 5.75 Å². The number of hydrogen-bond acceptors (Lipinski definition) is 2. The van der Waals surface area contributed by atoms with Crippen LogP contribution in [0.25, 0.3) is 21.8 Å². The van der Waals surface area contributed by atoms with Gasteiger partial charge in [0.15, 0.2) is 0 Å². The summed E-state index contributed by atoms with van der Waals surface area (Å²) in [6, 6.07) is 12.4. The van der Waals surface area contributed by atoms with Crippen LogP contribution in [0.2, 0.25) is 0 Å². The molecule has 0 saturated heterocycles. The maximum absolute atomic E-state index is 10.7. The molecule has 1 aliphatic heterocycles. The van der Waals surface area contributed by atoms with Crippen molar-refractivity contribution in [1.29, 1.82) is 0 Å². The van der Waals surface area contributed by atoms with Gasteiger partial charge in [0.05, 0.1) is 16.4 Å². The van der Waals surface area contributed by atoms with E-state index in [9.17, 15) is 5.11 Å². The Morgan fingerprint density at radius 2 is 1.86 bits per heavy atom. The van der Waals surface area contributed by atoms with Crippen LogP contribution in [-0.2, 0) is 7.05 Å². The van der Waals surface area contributed by atoms with E-state index in [-0.39, 0.29) is 4.83 Å². The molecule has 0 bridgehead atoms. The Morgan fingerprint density at radius 1 is 1.14 bits per heavy atom. The quantitative estimate of drug-likeness (QED) is 0.607. The lowest BCUT2D eigenvalue weighted by Crippen LogP contribution is -2.45. The van der Waals surface area contributed by atoms with E-state index in [0.717, 1.165) is 27.6 Å². The highest BCUT2D eigenvalue weighted by Crippen LogP contribution is 2.48. The Kier molecular flexibility index (Phi) is 2.88. The molecular weight excluding hydrogens is 342 g/mol. The average Bonchev–Trinajstić information content (AvgIpc) is 2.79. The third kappa shape index (κ3) is 1.71. The maximum atomic E-state index is 10.7. The van der Waals surface area contributed by atoms with Crippen molar-refractivity contribution in [3.05, 3.63) is 42.0 Å². The van der Waals surface area contributed by atoms with Crippen LogP contribution < -0.4 is 4.74 Å². The van der Waals surface area contributed by atoms with E-state index in [4.69, 9.17) is 4.74 Å². The van der Waals surface area contributed by atoms with E-state index in [0.29, 0.717) is 0 Å². The van der Waals surface area contributed by atoms with Gasteiger partial charge in [-0.15, -0.1) is 0 Å². The first-order valence-electron chi connectivity index (χ1n) is 7.43. The molecule has 114 valence electrons. The zero-order valence-corrected chi connectivity index (χ0v) is 14.4. The third-order valence-corrected chi connectivity index (χ3v) is 6.29. The lowest BCUT2D eigenvalue weighted by molar-refractivity contribution is 0.0241. The van der Waals surface area contributed by atoms with E-state index in [1.54, 1.807) is 0 Å². The van der Waals surface area contributed by atoms with Crippen molar-refractivity contribution in [2.24, 2.45) is 7.05 Å². The fourth-order valence-corrected chi connectivity index (χ4v) is 3.81. The molecule has 1 aromatic heterocycles. The first-order valence-corrected chi connectivity index (χ1v) is 8.34. The van der Waals surface area contributed by atoms with Gasteiger partial charge in [-0.3, -0.25) is 0 Å². The summed E-state index contributed by atoms with van der Waals surface area (Å²) in [6.07, 6.45) is -0.581. The number of halogens is 1. The highest BCUT2D eigenvalue weighted by Gasteiger charge is 2.42. The Hall–Kier alpha value is -1.52. The highest BCUT2D eigenvalue weighted by atomic mass is 79.9. The number of aryl methyl sites for hydroxylation is 1.